The first-order valence-corrected chi connectivity index (χ1v) is 9.25. The van der Waals surface area contributed by atoms with Gasteiger partial charge in [0.2, 0.25) is 11.9 Å². The van der Waals surface area contributed by atoms with E-state index >= 15 is 0 Å². The summed E-state index contributed by atoms with van der Waals surface area (Å²) in [6.45, 7) is 2.43. The van der Waals surface area contributed by atoms with E-state index in [-0.39, 0.29) is 11.7 Å². The number of carbonyl (C=O) groups excluding carboxylic acids is 1. The number of benzene rings is 2. The van der Waals surface area contributed by atoms with E-state index in [0.29, 0.717) is 24.7 Å². The summed E-state index contributed by atoms with van der Waals surface area (Å²) in [5.74, 6) is -0.0812. The highest BCUT2D eigenvalue weighted by Crippen LogP contribution is 2.26. The van der Waals surface area contributed by atoms with Crippen molar-refractivity contribution in [3.05, 3.63) is 89.5 Å². The topological polar surface area (TPSA) is 70.2 Å². The normalized spacial score (nSPS) is 13.3. The van der Waals surface area contributed by atoms with Crippen LogP contribution in [0.15, 0.2) is 66.9 Å². The number of carbonyl (C=O) groups is 1. The van der Waals surface area contributed by atoms with Crippen molar-refractivity contribution in [1.82, 2.24) is 20.8 Å². The lowest BCUT2D eigenvalue weighted by atomic mass is 10.1. The van der Waals surface area contributed by atoms with E-state index < -0.39 is 0 Å². The van der Waals surface area contributed by atoms with E-state index in [2.05, 4.69) is 20.8 Å². The zero-order valence-corrected chi connectivity index (χ0v) is 15.9. The van der Waals surface area contributed by atoms with Crippen molar-refractivity contribution >= 4 is 23.1 Å². The number of amides is 1. The second-order valence-corrected chi connectivity index (χ2v) is 6.67. The predicted molar refractivity (Wildman–Crippen MR) is 110 cm³/mol. The van der Waals surface area contributed by atoms with Crippen molar-refractivity contribution in [2.75, 3.05) is 11.4 Å². The molecule has 0 radical (unpaired) electrons. The summed E-state index contributed by atoms with van der Waals surface area (Å²) in [5.41, 5.74) is 10.5. The Morgan fingerprint density at radius 3 is 2.59 bits per heavy atom. The molecule has 1 aliphatic heterocycles. The van der Waals surface area contributed by atoms with Crippen LogP contribution in [0.2, 0.25) is 0 Å². The fourth-order valence-corrected chi connectivity index (χ4v) is 3.20. The smallest absolute Gasteiger partial charge is 0.232 e. The first-order chi connectivity index (χ1) is 14.1. The summed E-state index contributed by atoms with van der Waals surface area (Å²) in [6, 6.07) is 17.8. The summed E-state index contributed by atoms with van der Waals surface area (Å²) in [7, 11) is 0. The van der Waals surface area contributed by atoms with Crippen molar-refractivity contribution in [2.45, 2.75) is 13.5 Å². The number of halogens is 1. The van der Waals surface area contributed by atoms with Gasteiger partial charge >= 0.3 is 0 Å². The molecule has 0 atom stereocenters. The van der Waals surface area contributed by atoms with Crippen LogP contribution in [-0.4, -0.2) is 22.4 Å². The van der Waals surface area contributed by atoms with Gasteiger partial charge < -0.3 is 5.43 Å². The molecule has 7 heteroatoms. The van der Waals surface area contributed by atoms with Crippen LogP contribution in [0.25, 0.3) is 11.3 Å². The molecule has 3 aromatic rings. The number of anilines is 1. The van der Waals surface area contributed by atoms with Gasteiger partial charge in [0.15, 0.2) is 0 Å². The first kappa shape index (κ1) is 18.8. The number of nitrogens with zero attached hydrogens (tertiary/aromatic N) is 3. The number of aromatic nitrogens is 2. The Balaban J connectivity index is 1.69. The van der Waals surface area contributed by atoms with Gasteiger partial charge in [-0.25, -0.2) is 19.8 Å². The highest BCUT2D eigenvalue weighted by Gasteiger charge is 2.21. The quantitative estimate of drug-likeness (QED) is 0.702. The van der Waals surface area contributed by atoms with Crippen LogP contribution in [-0.2, 0) is 11.3 Å². The molecular weight excluding hydrogens is 369 g/mol. The molecule has 0 unspecified atom stereocenters. The molecule has 2 aromatic carbocycles. The third kappa shape index (κ3) is 4.14. The van der Waals surface area contributed by atoms with Gasteiger partial charge in [-0.2, -0.15) is 0 Å². The molecule has 0 bridgehead atoms. The molecule has 2 heterocycles. The third-order valence-electron chi connectivity index (χ3n) is 4.67. The van der Waals surface area contributed by atoms with Crippen LogP contribution in [0.1, 0.15) is 23.7 Å². The summed E-state index contributed by atoms with van der Waals surface area (Å²) in [6.07, 6.45) is 1.65. The Morgan fingerprint density at radius 2 is 1.86 bits per heavy atom. The van der Waals surface area contributed by atoms with Crippen LogP contribution >= 0.6 is 0 Å². The van der Waals surface area contributed by atoms with Crippen LogP contribution in [0, 0.1) is 5.82 Å². The monoisotopic (exact) mass is 389 g/mol. The zero-order chi connectivity index (χ0) is 20.2. The van der Waals surface area contributed by atoms with E-state index in [4.69, 9.17) is 0 Å². The van der Waals surface area contributed by atoms with Gasteiger partial charge in [-0.1, -0.05) is 30.3 Å². The van der Waals surface area contributed by atoms with Crippen molar-refractivity contribution in [2.24, 2.45) is 0 Å². The average molecular weight is 389 g/mol. The molecule has 1 aromatic heterocycles. The van der Waals surface area contributed by atoms with Crippen molar-refractivity contribution < 1.29 is 9.18 Å². The SMILES string of the molecule is CC(=O)N(Cc1ccccc1)c1nccc(C2=C(c3ccc(F)cc3)NNC2)n1. The van der Waals surface area contributed by atoms with Crippen LogP contribution < -0.4 is 15.8 Å². The van der Waals surface area contributed by atoms with Crippen molar-refractivity contribution in [3.8, 4) is 0 Å². The maximum absolute atomic E-state index is 13.3. The second kappa shape index (κ2) is 8.20. The van der Waals surface area contributed by atoms with Gasteiger partial charge in [0.25, 0.3) is 0 Å². The number of nitrogens with one attached hydrogen (secondary N) is 2. The molecule has 4 rings (SSSR count). The zero-order valence-electron chi connectivity index (χ0n) is 15.9. The lowest BCUT2D eigenvalue weighted by Crippen LogP contribution is -2.29. The molecule has 1 aliphatic rings. The summed E-state index contributed by atoms with van der Waals surface area (Å²) >= 11 is 0. The standard InChI is InChI=1S/C22H20FN5O/c1-15(29)28(14-16-5-3-2-4-6-16)22-24-12-11-20(26-22)19-13-25-27-21(19)17-7-9-18(23)10-8-17/h2-12,25,27H,13-14H2,1H3. The van der Waals surface area contributed by atoms with E-state index in [0.717, 1.165) is 22.4 Å². The highest BCUT2D eigenvalue weighted by atomic mass is 19.1. The Hall–Kier alpha value is -3.58. The lowest BCUT2D eigenvalue weighted by molar-refractivity contribution is -0.116. The summed E-state index contributed by atoms with van der Waals surface area (Å²) in [5, 5.41) is 0. The minimum absolute atomic E-state index is 0.138. The molecule has 6 nitrogen and oxygen atoms in total. The first-order valence-electron chi connectivity index (χ1n) is 9.25. The third-order valence-corrected chi connectivity index (χ3v) is 4.67. The molecule has 0 saturated carbocycles. The molecule has 0 spiro atoms. The maximum atomic E-state index is 13.3. The van der Waals surface area contributed by atoms with Gasteiger partial charge in [0, 0.05) is 25.2 Å². The van der Waals surface area contributed by atoms with Gasteiger partial charge in [-0.05, 0) is 41.5 Å². The Labute approximate surface area is 168 Å². The molecule has 0 saturated heterocycles. The minimum atomic E-state index is -0.288. The molecule has 2 N–H and O–H groups in total. The van der Waals surface area contributed by atoms with Gasteiger partial charge in [0.1, 0.15) is 5.82 Å². The van der Waals surface area contributed by atoms with Crippen molar-refractivity contribution in [3.63, 3.8) is 0 Å². The maximum Gasteiger partial charge on any atom is 0.232 e. The number of hydrazine groups is 1. The van der Waals surface area contributed by atoms with Gasteiger partial charge in [0.05, 0.1) is 17.9 Å². The number of hydrogen-bond acceptors (Lipinski definition) is 5. The summed E-state index contributed by atoms with van der Waals surface area (Å²) in [4.78, 5) is 22.8. The van der Waals surface area contributed by atoms with E-state index in [9.17, 15) is 9.18 Å². The van der Waals surface area contributed by atoms with Crippen LogP contribution in [0.4, 0.5) is 10.3 Å². The van der Waals surface area contributed by atoms with Crippen LogP contribution in [0.5, 0.6) is 0 Å². The molecule has 146 valence electrons. The lowest BCUT2D eigenvalue weighted by Gasteiger charge is -2.19. The Bertz CT molecular complexity index is 1050. The molecule has 29 heavy (non-hydrogen) atoms. The molecule has 0 aliphatic carbocycles. The van der Waals surface area contributed by atoms with Crippen molar-refractivity contribution in [1.29, 1.82) is 0 Å². The Kier molecular flexibility index (Phi) is 5.31. The highest BCUT2D eigenvalue weighted by molar-refractivity contribution is 5.92. The number of rotatable bonds is 5. The fraction of sp³-hybridized carbons (Fsp3) is 0.136. The number of hydrogen-bond donors (Lipinski definition) is 2. The second-order valence-electron chi connectivity index (χ2n) is 6.67. The van der Waals surface area contributed by atoms with E-state index in [1.807, 2.05) is 30.3 Å². The van der Waals surface area contributed by atoms with E-state index in [1.165, 1.54) is 19.1 Å². The fourth-order valence-electron chi connectivity index (χ4n) is 3.20. The van der Waals surface area contributed by atoms with Gasteiger partial charge in [-0.3, -0.25) is 9.69 Å². The molecular formula is C22H20FN5O. The predicted octanol–water partition coefficient (Wildman–Crippen LogP) is 3.14. The molecule has 0 fully saturated rings. The molecule has 1 amide bonds. The van der Waals surface area contributed by atoms with Gasteiger partial charge in [-0.15, -0.1) is 0 Å². The largest absolute Gasteiger partial charge is 0.320 e. The summed E-state index contributed by atoms with van der Waals surface area (Å²) < 4.78 is 13.3. The minimum Gasteiger partial charge on any atom is -0.320 e. The average Bonchev–Trinajstić information content (AvgIpc) is 3.23. The van der Waals surface area contributed by atoms with E-state index in [1.54, 1.807) is 29.3 Å². The van der Waals surface area contributed by atoms with Crippen LogP contribution in [0.3, 0.4) is 0 Å². The Morgan fingerprint density at radius 1 is 1.10 bits per heavy atom.